The van der Waals surface area contributed by atoms with E-state index in [1.807, 2.05) is 4.72 Å². The number of sulfonamides is 1. The molecule has 0 saturated heterocycles. The quantitative estimate of drug-likeness (QED) is 0.693. The topological polar surface area (TPSA) is 127 Å². The lowest BCUT2D eigenvalue weighted by Gasteiger charge is -2.11. The molecule has 0 spiro atoms. The maximum absolute atomic E-state index is 11.9. The fraction of sp³-hybridized carbons (Fsp3) is 0.333. The van der Waals surface area contributed by atoms with Crippen molar-refractivity contribution in [2.24, 2.45) is 5.73 Å². The van der Waals surface area contributed by atoms with E-state index in [1.54, 1.807) is 6.92 Å². The molecule has 1 amide bonds. The molecule has 0 radical (unpaired) electrons. The normalized spacial score (nSPS) is 13.2. The molecule has 1 rings (SSSR count). The zero-order chi connectivity index (χ0) is 14.8. The number of hydrogen-bond donors (Lipinski definition) is 3. The van der Waals surface area contributed by atoms with Gasteiger partial charge in [0.2, 0.25) is 5.91 Å². The molecule has 1 atom stereocenters. The number of carboxylic acid groups (broad SMARTS) is 1. The van der Waals surface area contributed by atoms with Gasteiger partial charge in [-0.2, -0.15) is 4.72 Å². The highest BCUT2D eigenvalue weighted by molar-refractivity contribution is 7.91. The van der Waals surface area contributed by atoms with Gasteiger partial charge in [-0.1, -0.05) is 11.6 Å². The number of thiophene rings is 1. The summed E-state index contributed by atoms with van der Waals surface area (Å²) in [5, 5.41) is 8.83. The largest absolute Gasteiger partial charge is 0.480 e. The number of carboxylic acids is 1. The molecule has 0 saturated carbocycles. The second-order valence-corrected chi connectivity index (χ2v) is 7.30. The molecule has 0 aliphatic rings. The van der Waals surface area contributed by atoms with E-state index >= 15 is 0 Å². The fourth-order valence-electron chi connectivity index (χ4n) is 1.19. The molecule has 0 aromatic carbocycles. The summed E-state index contributed by atoms with van der Waals surface area (Å²) in [5.41, 5.74) is 5.43. The van der Waals surface area contributed by atoms with Gasteiger partial charge in [0, 0.05) is 0 Å². The van der Waals surface area contributed by atoms with Gasteiger partial charge >= 0.3 is 5.97 Å². The highest BCUT2D eigenvalue weighted by Gasteiger charge is 2.28. The van der Waals surface area contributed by atoms with Crippen LogP contribution in [0.5, 0.6) is 0 Å². The second kappa shape index (κ2) is 5.87. The molecule has 4 N–H and O–H groups in total. The minimum Gasteiger partial charge on any atom is -0.480 e. The summed E-state index contributed by atoms with van der Waals surface area (Å²) >= 11 is 6.55. The van der Waals surface area contributed by atoms with Crippen molar-refractivity contribution in [2.45, 2.75) is 23.6 Å². The Morgan fingerprint density at radius 1 is 1.58 bits per heavy atom. The van der Waals surface area contributed by atoms with E-state index in [1.165, 1.54) is 6.07 Å². The number of nitrogens with one attached hydrogen (secondary N) is 1. The number of aliphatic carboxylic acids is 1. The average molecular weight is 327 g/mol. The molecule has 0 aliphatic carbocycles. The summed E-state index contributed by atoms with van der Waals surface area (Å²) in [6, 6.07) is -0.290. The number of aryl methyl sites for hydroxylation is 1. The van der Waals surface area contributed by atoms with Crippen molar-refractivity contribution in [1.82, 2.24) is 4.72 Å². The number of primary amides is 1. The molecule has 0 bridgehead atoms. The Morgan fingerprint density at radius 3 is 2.53 bits per heavy atom. The molecule has 106 valence electrons. The number of halogens is 1. The molecule has 19 heavy (non-hydrogen) atoms. The van der Waals surface area contributed by atoms with Crippen LogP contribution < -0.4 is 10.5 Å². The predicted molar refractivity (Wildman–Crippen MR) is 69.6 cm³/mol. The smallest absolute Gasteiger partial charge is 0.322 e. The summed E-state index contributed by atoms with van der Waals surface area (Å²) in [5.74, 6) is -2.41. The van der Waals surface area contributed by atoms with Gasteiger partial charge < -0.3 is 10.8 Å². The van der Waals surface area contributed by atoms with Crippen molar-refractivity contribution >= 4 is 44.8 Å². The molecular formula is C9H11ClN2O5S2. The zero-order valence-electron chi connectivity index (χ0n) is 9.71. The SMILES string of the molecule is Cc1cc(S(=O)(=O)N[C@@H](CC(N)=O)C(=O)O)sc1Cl. The van der Waals surface area contributed by atoms with E-state index in [2.05, 4.69) is 0 Å². The van der Waals surface area contributed by atoms with Crippen LogP contribution in [0, 0.1) is 6.92 Å². The highest BCUT2D eigenvalue weighted by atomic mass is 35.5. The van der Waals surface area contributed by atoms with Gasteiger partial charge in [-0.25, -0.2) is 8.42 Å². The van der Waals surface area contributed by atoms with E-state index < -0.39 is 34.4 Å². The number of carbonyl (C=O) groups is 2. The zero-order valence-corrected chi connectivity index (χ0v) is 12.1. The maximum Gasteiger partial charge on any atom is 0.322 e. The third kappa shape index (κ3) is 4.16. The van der Waals surface area contributed by atoms with Crippen molar-refractivity contribution in [3.8, 4) is 0 Å². The van der Waals surface area contributed by atoms with Crippen molar-refractivity contribution in [3.63, 3.8) is 0 Å². The minimum absolute atomic E-state index is 0.120. The lowest BCUT2D eigenvalue weighted by Crippen LogP contribution is -2.43. The molecule has 1 heterocycles. The predicted octanol–water partition coefficient (Wildman–Crippen LogP) is 0.317. The van der Waals surface area contributed by atoms with Crippen LogP contribution in [-0.4, -0.2) is 31.4 Å². The average Bonchev–Trinajstić information content (AvgIpc) is 2.58. The van der Waals surface area contributed by atoms with Crippen molar-refractivity contribution < 1.29 is 23.1 Å². The lowest BCUT2D eigenvalue weighted by molar-refractivity contribution is -0.140. The minimum atomic E-state index is -4.06. The molecule has 0 aliphatic heterocycles. The number of carbonyl (C=O) groups excluding carboxylic acids is 1. The second-order valence-electron chi connectivity index (χ2n) is 3.70. The molecular weight excluding hydrogens is 316 g/mol. The van der Waals surface area contributed by atoms with Gasteiger partial charge in [-0.15, -0.1) is 11.3 Å². The third-order valence-electron chi connectivity index (χ3n) is 2.10. The number of amides is 1. The van der Waals surface area contributed by atoms with Gasteiger partial charge in [0.05, 0.1) is 10.8 Å². The fourth-order valence-corrected chi connectivity index (χ4v) is 4.10. The number of nitrogens with two attached hydrogens (primary N) is 1. The first-order valence-corrected chi connectivity index (χ1v) is 7.60. The Balaban J connectivity index is 3.00. The lowest BCUT2D eigenvalue weighted by atomic mass is 10.2. The Kier molecular flexibility index (Phi) is 4.91. The summed E-state index contributed by atoms with van der Waals surface area (Å²) in [6.07, 6.45) is -0.632. The summed E-state index contributed by atoms with van der Waals surface area (Å²) in [6.45, 7) is 1.62. The molecule has 0 unspecified atom stereocenters. The summed E-state index contributed by atoms with van der Waals surface area (Å²) in [7, 11) is -4.06. The van der Waals surface area contributed by atoms with E-state index in [-0.39, 0.29) is 4.21 Å². The summed E-state index contributed by atoms with van der Waals surface area (Å²) in [4.78, 5) is 21.6. The Labute approximate surface area is 118 Å². The Morgan fingerprint density at radius 2 is 2.16 bits per heavy atom. The van der Waals surface area contributed by atoms with Crippen LogP contribution in [0.25, 0.3) is 0 Å². The highest BCUT2D eigenvalue weighted by Crippen LogP contribution is 2.30. The van der Waals surface area contributed by atoms with Gasteiger partial charge in [0.15, 0.2) is 0 Å². The van der Waals surface area contributed by atoms with E-state index in [4.69, 9.17) is 22.4 Å². The van der Waals surface area contributed by atoms with Crippen molar-refractivity contribution in [2.75, 3.05) is 0 Å². The third-order valence-corrected chi connectivity index (χ3v) is 5.60. The van der Waals surface area contributed by atoms with Crippen LogP contribution >= 0.6 is 22.9 Å². The van der Waals surface area contributed by atoms with Crippen molar-refractivity contribution in [1.29, 1.82) is 0 Å². The monoisotopic (exact) mass is 326 g/mol. The van der Waals surface area contributed by atoms with Gasteiger partial charge in [-0.3, -0.25) is 9.59 Å². The first-order valence-electron chi connectivity index (χ1n) is 4.93. The van der Waals surface area contributed by atoms with E-state index in [0.717, 1.165) is 11.3 Å². The molecule has 10 heteroatoms. The van der Waals surface area contributed by atoms with Gasteiger partial charge in [0.25, 0.3) is 10.0 Å². The van der Waals surface area contributed by atoms with Crippen LogP contribution in [0.4, 0.5) is 0 Å². The van der Waals surface area contributed by atoms with Gasteiger partial charge in [-0.05, 0) is 18.6 Å². The molecule has 7 nitrogen and oxygen atoms in total. The molecule has 1 aromatic rings. The van der Waals surface area contributed by atoms with Crippen LogP contribution in [-0.2, 0) is 19.6 Å². The van der Waals surface area contributed by atoms with Crippen LogP contribution in [0.3, 0.4) is 0 Å². The van der Waals surface area contributed by atoms with E-state index in [0.29, 0.717) is 9.90 Å². The standard InChI is InChI=1S/C9H11ClN2O5S2/c1-4-2-7(18-8(4)10)19(16,17)12-5(9(14)15)3-6(11)13/h2,5,12H,3H2,1H3,(H2,11,13)(H,14,15)/t5-/m0/s1. The van der Waals surface area contributed by atoms with E-state index in [9.17, 15) is 18.0 Å². The summed E-state index contributed by atoms with van der Waals surface area (Å²) < 4.78 is 25.9. The Hall–Kier alpha value is -1.16. The Bertz CT molecular complexity index is 591. The van der Waals surface area contributed by atoms with Crippen LogP contribution in [0.15, 0.2) is 10.3 Å². The maximum atomic E-state index is 11.9. The van der Waals surface area contributed by atoms with Crippen LogP contribution in [0.2, 0.25) is 4.34 Å². The first-order chi connectivity index (χ1) is 8.63. The molecule has 0 fully saturated rings. The van der Waals surface area contributed by atoms with Crippen LogP contribution in [0.1, 0.15) is 12.0 Å². The number of hydrogen-bond acceptors (Lipinski definition) is 5. The van der Waals surface area contributed by atoms with Gasteiger partial charge in [0.1, 0.15) is 10.3 Å². The molecule has 1 aromatic heterocycles. The first kappa shape index (κ1) is 15.9. The number of rotatable bonds is 6. The van der Waals surface area contributed by atoms with Crippen molar-refractivity contribution in [3.05, 3.63) is 16.0 Å².